The zero-order valence-electron chi connectivity index (χ0n) is 7.55. The van der Waals surface area contributed by atoms with E-state index in [1.165, 1.54) is 6.21 Å². The van der Waals surface area contributed by atoms with Gasteiger partial charge in [0.05, 0.1) is 6.54 Å². The van der Waals surface area contributed by atoms with Crippen LogP contribution >= 0.6 is 0 Å². The van der Waals surface area contributed by atoms with Gasteiger partial charge in [-0.15, -0.1) is 0 Å². The van der Waals surface area contributed by atoms with Gasteiger partial charge in [0, 0.05) is 11.8 Å². The molecule has 1 unspecified atom stereocenters. The summed E-state index contributed by atoms with van der Waals surface area (Å²) < 4.78 is 0. The van der Waals surface area contributed by atoms with Crippen molar-refractivity contribution in [3.8, 4) is 0 Å². The first-order valence-electron chi connectivity index (χ1n) is 4.45. The molecule has 0 aromatic heterocycles. The molecule has 0 spiro atoms. The monoisotopic (exact) mass is 190 g/mol. The molecule has 1 N–H and O–H groups in total. The lowest BCUT2D eigenvalue weighted by Gasteiger charge is -2.11. The van der Waals surface area contributed by atoms with E-state index in [-0.39, 0.29) is 0 Å². The third-order valence-electron chi connectivity index (χ3n) is 2.19. The van der Waals surface area contributed by atoms with Crippen LogP contribution < -0.4 is 0 Å². The molecule has 0 aromatic carbocycles. The Kier molecular flexibility index (Phi) is 2.26. The smallest absolute Gasteiger partial charge is 0.313 e. The van der Waals surface area contributed by atoms with Crippen molar-refractivity contribution >= 4 is 18.0 Å². The lowest BCUT2D eigenvalue weighted by Crippen LogP contribution is -2.23. The standard InChI is InChI=1S/C10H10N2O2/c13-10(14)8-5-11-9(12-6-8)7-3-1-2-4-7/h1-3,5,8H,4,6H2,(H,13,14). The number of carboxylic acid groups (broad SMARTS) is 1. The molecule has 1 atom stereocenters. The van der Waals surface area contributed by atoms with E-state index in [0.717, 1.165) is 12.0 Å². The Bertz CT molecular complexity index is 378. The lowest BCUT2D eigenvalue weighted by molar-refractivity contribution is -0.138. The van der Waals surface area contributed by atoms with Crippen LogP contribution in [0.5, 0.6) is 0 Å². The maximum atomic E-state index is 10.6. The minimum absolute atomic E-state index is 0.297. The minimum atomic E-state index is -0.866. The summed E-state index contributed by atoms with van der Waals surface area (Å²) >= 11 is 0. The maximum absolute atomic E-state index is 10.6. The average molecular weight is 190 g/mol. The van der Waals surface area contributed by atoms with Gasteiger partial charge in [0.25, 0.3) is 0 Å². The summed E-state index contributed by atoms with van der Waals surface area (Å²) in [6.45, 7) is 0.297. The van der Waals surface area contributed by atoms with Crippen LogP contribution in [0.25, 0.3) is 0 Å². The van der Waals surface area contributed by atoms with Crippen LogP contribution in [0.15, 0.2) is 33.8 Å². The second kappa shape index (κ2) is 3.57. The highest BCUT2D eigenvalue weighted by molar-refractivity contribution is 6.07. The van der Waals surface area contributed by atoms with Crippen LogP contribution in [0.4, 0.5) is 0 Å². The summed E-state index contributed by atoms with van der Waals surface area (Å²) in [6.07, 6.45) is 8.24. The van der Waals surface area contributed by atoms with Gasteiger partial charge < -0.3 is 5.11 Å². The summed E-state index contributed by atoms with van der Waals surface area (Å²) in [7, 11) is 0. The van der Waals surface area contributed by atoms with E-state index in [9.17, 15) is 4.79 Å². The second-order valence-electron chi connectivity index (χ2n) is 3.21. The quantitative estimate of drug-likeness (QED) is 0.707. The van der Waals surface area contributed by atoms with E-state index in [2.05, 4.69) is 9.98 Å². The number of allylic oxidation sites excluding steroid dienone is 3. The number of hydrogen-bond donors (Lipinski definition) is 1. The Balaban J connectivity index is 2.06. The van der Waals surface area contributed by atoms with Crippen LogP contribution in [-0.2, 0) is 4.79 Å². The predicted molar refractivity (Wildman–Crippen MR) is 53.8 cm³/mol. The second-order valence-corrected chi connectivity index (χ2v) is 3.21. The molecule has 1 heterocycles. The maximum Gasteiger partial charge on any atom is 0.313 e. The fraction of sp³-hybridized carbons (Fsp3) is 0.300. The van der Waals surface area contributed by atoms with Crippen LogP contribution in [0.3, 0.4) is 0 Å². The Morgan fingerprint density at radius 1 is 1.57 bits per heavy atom. The van der Waals surface area contributed by atoms with Gasteiger partial charge in [0.1, 0.15) is 11.8 Å². The predicted octanol–water partition coefficient (Wildman–Crippen LogP) is 1.06. The largest absolute Gasteiger partial charge is 0.481 e. The number of aliphatic imine (C=N–C) groups is 2. The van der Waals surface area contributed by atoms with Crippen LogP contribution in [0.2, 0.25) is 0 Å². The molecule has 14 heavy (non-hydrogen) atoms. The van der Waals surface area contributed by atoms with Crippen molar-refractivity contribution in [3.05, 3.63) is 23.8 Å². The fourth-order valence-electron chi connectivity index (χ4n) is 1.37. The van der Waals surface area contributed by atoms with Gasteiger partial charge in [-0.1, -0.05) is 18.2 Å². The summed E-state index contributed by atoms with van der Waals surface area (Å²) in [5.41, 5.74) is 1.06. The van der Waals surface area contributed by atoms with E-state index < -0.39 is 11.9 Å². The lowest BCUT2D eigenvalue weighted by atomic mass is 10.1. The van der Waals surface area contributed by atoms with Crippen LogP contribution in [0.1, 0.15) is 6.42 Å². The normalized spacial score (nSPS) is 24.7. The molecular weight excluding hydrogens is 180 g/mol. The van der Waals surface area contributed by atoms with Crippen molar-refractivity contribution in [2.24, 2.45) is 15.9 Å². The van der Waals surface area contributed by atoms with Crippen molar-refractivity contribution in [2.45, 2.75) is 6.42 Å². The zero-order chi connectivity index (χ0) is 9.97. The molecule has 0 saturated carbocycles. The van der Waals surface area contributed by atoms with Gasteiger partial charge in [-0.3, -0.25) is 9.79 Å². The van der Waals surface area contributed by atoms with Gasteiger partial charge in [0.2, 0.25) is 0 Å². The van der Waals surface area contributed by atoms with Crippen molar-refractivity contribution in [2.75, 3.05) is 6.54 Å². The third kappa shape index (κ3) is 1.64. The Morgan fingerprint density at radius 3 is 2.93 bits per heavy atom. The first-order chi connectivity index (χ1) is 6.77. The third-order valence-corrected chi connectivity index (χ3v) is 2.19. The molecule has 2 rings (SSSR count). The van der Waals surface area contributed by atoms with Crippen molar-refractivity contribution in [3.63, 3.8) is 0 Å². The molecule has 1 aliphatic heterocycles. The molecule has 1 aliphatic carbocycles. The van der Waals surface area contributed by atoms with Gasteiger partial charge in [-0.2, -0.15) is 0 Å². The first-order valence-corrected chi connectivity index (χ1v) is 4.45. The minimum Gasteiger partial charge on any atom is -0.481 e. The number of amidine groups is 1. The topological polar surface area (TPSA) is 62.0 Å². The van der Waals surface area contributed by atoms with E-state index in [1.54, 1.807) is 0 Å². The van der Waals surface area contributed by atoms with Crippen molar-refractivity contribution in [1.29, 1.82) is 0 Å². The highest BCUT2D eigenvalue weighted by Gasteiger charge is 2.19. The van der Waals surface area contributed by atoms with E-state index in [4.69, 9.17) is 5.11 Å². The van der Waals surface area contributed by atoms with Gasteiger partial charge >= 0.3 is 5.97 Å². The molecule has 0 radical (unpaired) electrons. The molecule has 0 amide bonds. The number of nitrogens with zero attached hydrogens (tertiary/aromatic N) is 2. The molecule has 0 fully saturated rings. The van der Waals surface area contributed by atoms with E-state index >= 15 is 0 Å². The highest BCUT2D eigenvalue weighted by Crippen LogP contribution is 2.15. The van der Waals surface area contributed by atoms with E-state index in [1.807, 2.05) is 18.2 Å². The number of hydrogen-bond acceptors (Lipinski definition) is 3. The summed E-state index contributed by atoms with van der Waals surface area (Å²) in [6, 6.07) is 0. The molecule has 0 aromatic rings. The molecule has 2 aliphatic rings. The van der Waals surface area contributed by atoms with Gasteiger partial charge in [-0.25, -0.2) is 4.99 Å². The number of carboxylic acids is 1. The summed E-state index contributed by atoms with van der Waals surface area (Å²) in [5.74, 6) is -0.753. The van der Waals surface area contributed by atoms with Crippen LogP contribution in [0, 0.1) is 5.92 Å². The Morgan fingerprint density at radius 2 is 2.43 bits per heavy atom. The average Bonchev–Trinajstić information content (AvgIpc) is 2.71. The Labute approximate surface area is 81.4 Å². The summed E-state index contributed by atoms with van der Waals surface area (Å²) in [5, 5.41) is 8.70. The Hall–Kier alpha value is -1.71. The zero-order valence-corrected chi connectivity index (χ0v) is 7.55. The number of aliphatic carboxylic acids is 1. The SMILES string of the molecule is O=C(O)C1C=NC(C2=CC=CC2)=NC1. The van der Waals surface area contributed by atoms with Gasteiger partial charge in [-0.05, 0) is 6.42 Å². The number of carbonyl (C=O) groups is 1. The molecular formula is C10H10N2O2. The first kappa shape index (κ1) is 8.87. The molecule has 72 valence electrons. The highest BCUT2D eigenvalue weighted by atomic mass is 16.4. The van der Waals surface area contributed by atoms with Gasteiger partial charge in [0.15, 0.2) is 0 Å². The molecule has 4 heteroatoms. The molecule has 0 bridgehead atoms. The van der Waals surface area contributed by atoms with Crippen LogP contribution in [-0.4, -0.2) is 29.7 Å². The van der Waals surface area contributed by atoms with Crippen molar-refractivity contribution in [1.82, 2.24) is 0 Å². The van der Waals surface area contributed by atoms with Crippen molar-refractivity contribution < 1.29 is 9.90 Å². The summed E-state index contributed by atoms with van der Waals surface area (Å²) in [4.78, 5) is 18.8. The molecule has 4 nitrogen and oxygen atoms in total. The fourth-order valence-corrected chi connectivity index (χ4v) is 1.37. The molecule has 0 saturated heterocycles. The number of rotatable bonds is 2. The van der Waals surface area contributed by atoms with E-state index in [0.29, 0.717) is 12.4 Å².